The van der Waals surface area contributed by atoms with E-state index < -0.39 is 29.1 Å². The smallest absolute Gasteiger partial charge is 0.246 e. The summed E-state index contributed by atoms with van der Waals surface area (Å²) in [5, 5.41) is 36.3. The highest BCUT2D eigenvalue weighted by atomic mass is 32.1. The van der Waals surface area contributed by atoms with Gasteiger partial charge >= 0.3 is 0 Å². The number of β-amino-alcohol motifs (C(OH)–C–C–N with tert-alkyl or cyclic N) is 1. The number of aryl methyl sites for hydroxylation is 1. The number of carbonyl (C=O) groups is 3. The van der Waals surface area contributed by atoms with Crippen LogP contribution in [0.15, 0.2) is 72.5 Å². The Balaban J connectivity index is 0.604. The zero-order valence-electron chi connectivity index (χ0n) is 43.5. The SMILES string of the molecule is Cc1ncsc1-c1ccc(C2(NC(=O)[C@@H]3C[C@@H](O)CN3C(=O)[C@@H](NC(=O)C3CC4(C3)CC(N3CCC(c5cnc(N6C7CCC6CN(c6cc(-c8ccccc8O)nnc6N)C7)nc5)CC3)C4)C(C)(C)C)CC2)cc1. The first-order valence-corrected chi connectivity index (χ1v) is 28.0. The van der Waals surface area contributed by atoms with Gasteiger partial charge in [-0.2, -0.15) is 0 Å². The van der Waals surface area contributed by atoms with Gasteiger partial charge in [0.25, 0.3) is 0 Å². The van der Waals surface area contributed by atoms with Gasteiger partial charge in [0.2, 0.25) is 23.7 Å². The molecule has 18 heteroatoms. The third-order valence-corrected chi connectivity index (χ3v) is 19.1. The number of hydrogen-bond acceptors (Lipinski definition) is 15. The molecule has 3 aliphatic carbocycles. The minimum Gasteiger partial charge on any atom is -0.507 e. The van der Waals surface area contributed by atoms with Crippen LogP contribution < -0.4 is 26.2 Å². The number of aliphatic hydroxyl groups is 1. The fourth-order valence-corrected chi connectivity index (χ4v) is 14.5. The quantitative estimate of drug-likeness (QED) is 0.0896. The van der Waals surface area contributed by atoms with Gasteiger partial charge in [0, 0.05) is 68.1 Å². The van der Waals surface area contributed by atoms with Crippen molar-refractivity contribution in [3.63, 3.8) is 0 Å². The zero-order valence-corrected chi connectivity index (χ0v) is 44.3. The lowest BCUT2D eigenvalue weighted by Gasteiger charge is -2.60. The average Bonchev–Trinajstić information content (AvgIpc) is 3.71. The molecule has 5 atom stereocenters. The van der Waals surface area contributed by atoms with Crippen LogP contribution in [0, 0.1) is 23.7 Å². The maximum atomic E-state index is 14.5. The van der Waals surface area contributed by atoms with E-state index in [0.717, 1.165) is 124 Å². The molecule has 2 bridgehead atoms. The van der Waals surface area contributed by atoms with Crippen LogP contribution in [0.3, 0.4) is 0 Å². The molecule has 3 saturated carbocycles. The molecule has 2 unspecified atom stereocenters. The second-order valence-electron chi connectivity index (χ2n) is 24.1. The van der Waals surface area contributed by atoms with Crippen molar-refractivity contribution < 1.29 is 24.6 Å². The van der Waals surface area contributed by atoms with E-state index >= 15 is 0 Å². The Morgan fingerprint density at radius 1 is 0.853 bits per heavy atom. The molecule has 3 aromatic heterocycles. The van der Waals surface area contributed by atoms with Crippen LogP contribution in [0.5, 0.6) is 5.75 Å². The third-order valence-electron chi connectivity index (χ3n) is 18.1. The molecule has 5 aromatic rings. The van der Waals surface area contributed by atoms with Crippen LogP contribution in [-0.2, 0) is 19.9 Å². The number of nitrogens with two attached hydrogens (primary N) is 1. The number of amides is 3. The van der Waals surface area contributed by atoms with E-state index in [9.17, 15) is 24.6 Å². The van der Waals surface area contributed by atoms with Crippen molar-refractivity contribution in [2.75, 3.05) is 48.3 Å². The molecule has 4 aliphatic heterocycles. The third kappa shape index (κ3) is 9.38. The number of piperazine rings is 1. The van der Waals surface area contributed by atoms with E-state index in [1.165, 1.54) is 10.5 Å². The monoisotopic (exact) mass is 1030 g/mol. The number of benzene rings is 2. The Kier molecular flexibility index (Phi) is 12.6. The minimum absolute atomic E-state index is 0.0507. The second kappa shape index (κ2) is 19.1. The van der Waals surface area contributed by atoms with Crippen LogP contribution in [0.2, 0.25) is 0 Å². The van der Waals surface area contributed by atoms with Crippen molar-refractivity contribution in [2.24, 2.45) is 16.7 Å². The molecule has 7 fully saturated rings. The number of aliphatic hydroxyl groups excluding tert-OH is 1. The first kappa shape index (κ1) is 49.6. The number of carbonyl (C=O) groups excluding carboxylic acids is 3. The topological polar surface area (TPSA) is 219 Å². The van der Waals surface area contributed by atoms with E-state index in [-0.39, 0.29) is 59.9 Å². The van der Waals surface area contributed by atoms with Crippen LogP contribution >= 0.6 is 11.3 Å². The lowest BCUT2D eigenvalue weighted by Crippen LogP contribution is -2.62. The number of thiazole rings is 1. The number of phenolic OH excluding ortho intramolecular Hbond substituents is 1. The van der Waals surface area contributed by atoms with Gasteiger partial charge in [0.15, 0.2) is 5.82 Å². The summed E-state index contributed by atoms with van der Waals surface area (Å²) in [5.74, 6) is 0.910. The number of nitrogen functional groups attached to an aromatic ring is 1. The average molecular weight is 1040 g/mol. The van der Waals surface area contributed by atoms with Crippen LogP contribution in [0.1, 0.15) is 114 Å². The molecule has 394 valence electrons. The fraction of sp³-hybridized carbons (Fsp3) is 0.544. The predicted molar refractivity (Wildman–Crippen MR) is 288 cm³/mol. The molecule has 6 N–H and O–H groups in total. The van der Waals surface area contributed by atoms with Gasteiger partial charge in [-0.25, -0.2) is 15.0 Å². The molecule has 17 nitrogen and oxygen atoms in total. The van der Waals surface area contributed by atoms with Crippen molar-refractivity contribution in [3.05, 3.63) is 89.3 Å². The van der Waals surface area contributed by atoms with Gasteiger partial charge in [-0.1, -0.05) is 57.2 Å². The molecule has 4 saturated heterocycles. The van der Waals surface area contributed by atoms with Gasteiger partial charge < -0.3 is 46.2 Å². The molecule has 12 rings (SSSR count). The molecule has 0 radical (unpaired) electrons. The Morgan fingerprint density at radius 2 is 1.55 bits per heavy atom. The van der Waals surface area contributed by atoms with Crippen molar-refractivity contribution in [3.8, 4) is 27.4 Å². The first-order valence-electron chi connectivity index (χ1n) is 27.2. The molecular formula is C57H70N12O5S. The molecule has 1 spiro atoms. The summed E-state index contributed by atoms with van der Waals surface area (Å²) in [6.07, 6.45) is 13.1. The maximum absolute atomic E-state index is 14.5. The van der Waals surface area contributed by atoms with Crippen molar-refractivity contribution in [2.45, 2.75) is 146 Å². The van der Waals surface area contributed by atoms with E-state index in [1.54, 1.807) is 23.5 Å². The summed E-state index contributed by atoms with van der Waals surface area (Å²) >= 11 is 1.61. The maximum Gasteiger partial charge on any atom is 0.246 e. The van der Waals surface area contributed by atoms with Crippen LogP contribution in [0.4, 0.5) is 17.5 Å². The van der Waals surface area contributed by atoms with Gasteiger partial charge in [-0.3, -0.25) is 14.4 Å². The molecule has 75 heavy (non-hydrogen) atoms. The molecule has 7 aliphatic rings. The number of para-hydroxylation sites is 1. The Labute approximate surface area is 442 Å². The van der Waals surface area contributed by atoms with E-state index in [0.29, 0.717) is 29.0 Å². The highest BCUT2D eigenvalue weighted by Crippen LogP contribution is 2.60. The number of rotatable bonds is 12. The number of likely N-dealkylation sites (tertiary alicyclic amines) is 2. The van der Waals surface area contributed by atoms with Gasteiger partial charge in [0.1, 0.15) is 17.8 Å². The highest BCUT2D eigenvalue weighted by molar-refractivity contribution is 7.13. The van der Waals surface area contributed by atoms with Crippen molar-refractivity contribution >= 4 is 46.5 Å². The lowest BCUT2D eigenvalue weighted by atomic mass is 9.49. The normalized spacial score (nSPS) is 27.7. The molecule has 7 heterocycles. The number of phenols is 1. The fourth-order valence-electron chi connectivity index (χ4n) is 13.7. The van der Waals surface area contributed by atoms with Crippen LogP contribution in [-0.4, -0.2) is 132 Å². The largest absolute Gasteiger partial charge is 0.507 e. The number of piperidine rings is 1. The van der Waals surface area contributed by atoms with E-state index in [4.69, 9.17) is 15.7 Å². The van der Waals surface area contributed by atoms with Gasteiger partial charge in [-0.05, 0) is 136 Å². The summed E-state index contributed by atoms with van der Waals surface area (Å²) in [5.41, 5.74) is 13.7. The first-order chi connectivity index (χ1) is 36.0. The Bertz CT molecular complexity index is 2940. The van der Waals surface area contributed by atoms with Gasteiger partial charge in [0.05, 0.1) is 39.1 Å². The number of aromatic nitrogens is 5. The summed E-state index contributed by atoms with van der Waals surface area (Å²) in [7, 11) is 0. The number of fused-ring (bicyclic) bond motifs is 2. The number of anilines is 3. The minimum atomic E-state index is -0.841. The van der Waals surface area contributed by atoms with Crippen molar-refractivity contribution in [1.82, 2.24) is 45.6 Å². The molecule has 3 amide bonds. The number of hydrogen-bond donors (Lipinski definition) is 5. The zero-order chi connectivity index (χ0) is 52.0. The van der Waals surface area contributed by atoms with E-state index in [2.05, 4.69) is 64.8 Å². The Morgan fingerprint density at radius 3 is 2.19 bits per heavy atom. The predicted octanol–water partition coefficient (Wildman–Crippen LogP) is 6.55. The highest BCUT2D eigenvalue weighted by Gasteiger charge is 2.57. The summed E-state index contributed by atoms with van der Waals surface area (Å²) in [6.45, 7) is 11.5. The summed E-state index contributed by atoms with van der Waals surface area (Å²) in [6, 6.07) is 16.7. The van der Waals surface area contributed by atoms with Gasteiger partial charge in [-0.15, -0.1) is 21.5 Å². The van der Waals surface area contributed by atoms with Crippen molar-refractivity contribution in [1.29, 1.82) is 0 Å². The molecular weight excluding hydrogens is 965 g/mol. The standard InChI is InChI=1S/C57H70N12O5S/c1-33-48(75-32-61-33)35-9-11-38(12-10-35)57(17-18-57)63-52(73)46-21-42(70)31-68(46)53(74)49(55(2,3)4)62-51(72)36-23-56(24-36)25-41(26-56)66-19-15-34(16-20-66)37-27-59-54(60-28-37)69-39-13-14-40(69)30-67(29-39)45-22-44(64-65-50(45)58)43-7-5-6-8-47(43)71/h5-12,22,27-28,32,34,36,39-42,46,49,70-71H,13-21,23-26,29-31H2,1-4H3,(H2,58,65)(H,62,72)(H,63,73)/t36?,39?,40?,41?,42-,46+,49-,56?/m1/s1. The second-order valence-corrected chi connectivity index (χ2v) is 25.0. The number of nitrogens with zero attached hydrogens (tertiary/aromatic N) is 9. The molecule has 2 aromatic carbocycles. The number of aromatic hydroxyl groups is 1. The van der Waals surface area contributed by atoms with E-state index in [1.807, 2.05) is 63.8 Å². The summed E-state index contributed by atoms with van der Waals surface area (Å²) in [4.78, 5) is 66.8. The Hall–Kier alpha value is -6.24. The lowest BCUT2D eigenvalue weighted by molar-refractivity contribution is -0.150. The van der Waals surface area contributed by atoms with Crippen LogP contribution in [0.25, 0.3) is 21.7 Å². The summed E-state index contributed by atoms with van der Waals surface area (Å²) < 4.78 is 0. The number of nitrogens with one attached hydrogen (secondary N) is 2.